The fourth-order valence-corrected chi connectivity index (χ4v) is 6.29. The number of amides is 1. The van der Waals surface area contributed by atoms with Crippen molar-refractivity contribution in [2.45, 2.75) is 24.8 Å². The number of anilines is 1. The fraction of sp³-hybridized carbons (Fsp3) is 0.222. The van der Waals surface area contributed by atoms with Gasteiger partial charge in [-0.2, -0.15) is 4.31 Å². The molecule has 156 valence electrons. The molecule has 1 N–H and O–H groups in total. The number of carbonyl (C=O) groups excluding carboxylic acids is 1. The number of rotatable bonds is 4. The Bertz CT molecular complexity index is 1230. The zero-order valence-corrected chi connectivity index (χ0v) is 18.7. The summed E-state index contributed by atoms with van der Waals surface area (Å²) in [5, 5.41) is 3.56. The number of aromatic nitrogens is 3. The molecule has 0 spiro atoms. The van der Waals surface area contributed by atoms with Gasteiger partial charge in [-0.15, -0.1) is 11.3 Å². The molecule has 4 rings (SSSR count). The van der Waals surface area contributed by atoms with Crippen molar-refractivity contribution in [2.75, 3.05) is 11.9 Å². The smallest absolute Gasteiger partial charge is 0.277 e. The second-order valence-electron chi connectivity index (χ2n) is 6.55. The molecule has 0 bridgehead atoms. The summed E-state index contributed by atoms with van der Waals surface area (Å²) in [5.41, 5.74) is 1.56. The highest BCUT2D eigenvalue weighted by molar-refractivity contribution is 7.89. The van der Waals surface area contributed by atoms with Gasteiger partial charge in [0.1, 0.15) is 10.6 Å². The highest BCUT2D eigenvalue weighted by Gasteiger charge is 2.32. The molecule has 0 aliphatic carbocycles. The second-order valence-corrected chi connectivity index (χ2v) is 10.4. The molecule has 1 aliphatic rings. The van der Waals surface area contributed by atoms with Crippen molar-refractivity contribution in [1.82, 2.24) is 19.3 Å². The van der Waals surface area contributed by atoms with Gasteiger partial charge in [-0.05, 0) is 24.6 Å². The highest BCUT2D eigenvalue weighted by atomic mass is 35.5. The molecule has 0 unspecified atom stereocenters. The van der Waals surface area contributed by atoms with E-state index in [4.69, 9.17) is 23.2 Å². The van der Waals surface area contributed by atoms with Crippen molar-refractivity contribution in [3.8, 4) is 0 Å². The minimum absolute atomic E-state index is 0.0233. The van der Waals surface area contributed by atoms with Crippen LogP contribution in [0.3, 0.4) is 0 Å². The van der Waals surface area contributed by atoms with Gasteiger partial charge >= 0.3 is 0 Å². The molecule has 3 heterocycles. The van der Waals surface area contributed by atoms with Crippen LogP contribution in [0.15, 0.2) is 35.6 Å². The molecular weight excluding hydrogens is 469 g/mol. The number of benzene rings is 1. The van der Waals surface area contributed by atoms with E-state index in [9.17, 15) is 13.2 Å². The van der Waals surface area contributed by atoms with Crippen LogP contribution in [-0.4, -0.2) is 40.1 Å². The van der Waals surface area contributed by atoms with Crippen LogP contribution in [-0.2, 0) is 23.0 Å². The zero-order valence-electron chi connectivity index (χ0n) is 15.6. The van der Waals surface area contributed by atoms with Crippen LogP contribution < -0.4 is 5.32 Å². The quantitative estimate of drug-likeness (QED) is 0.608. The van der Waals surface area contributed by atoms with E-state index in [0.29, 0.717) is 22.1 Å². The monoisotopic (exact) mass is 483 g/mol. The molecule has 30 heavy (non-hydrogen) atoms. The van der Waals surface area contributed by atoms with Crippen LogP contribution in [0, 0.1) is 6.92 Å². The van der Waals surface area contributed by atoms with Crippen molar-refractivity contribution in [2.24, 2.45) is 0 Å². The number of aryl methyl sites for hydroxylation is 1. The Balaban J connectivity index is 1.55. The maximum absolute atomic E-state index is 13.1. The predicted molar refractivity (Wildman–Crippen MR) is 115 cm³/mol. The molecule has 0 atom stereocenters. The number of nitrogens with one attached hydrogen (secondary N) is 1. The van der Waals surface area contributed by atoms with E-state index in [0.717, 1.165) is 10.6 Å². The molecule has 2 aromatic heterocycles. The number of thiazole rings is 1. The first-order chi connectivity index (χ1) is 14.3. The van der Waals surface area contributed by atoms with Crippen LogP contribution in [0.5, 0.6) is 0 Å². The van der Waals surface area contributed by atoms with E-state index in [1.165, 1.54) is 46.4 Å². The van der Waals surface area contributed by atoms with Gasteiger partial charge in [0.05, 0.1) is 23.5 Å². The lowest BCUT2D eigenvalue weighted by molar-refractivity contribution is 0.102. The predicted octanol–water partition coefficient (Wildman–Crippen LogP) is 3.55. The summed E-state index contributed by atoms with van der Waals surface area (Å²) in [4.78, 5) is 25.3. The third-order valence-electron chi connectivity index (χ3n) is 4.54. The van der Waals surface area contributed by atoms with Gasteiger partial charge in [-0.1, -0.05) is 23.2 Å². The minimum Gasteiger partial charge on any atom is -0.296 e. The maximum atomic E-state index is 13.1. The first-order valence-electron chi connectivity index (χ1n) is 8.77. The molecule has 0 saturated heterocycles. The van der Waals surface area contributed by atoms with Crippen molar-refractivity contribution in [3.05, 3.63) is 62.6 Å². The molecule has 1 aromatic carbocycles. The van der Waals surface area contributed by atoms with Crippen molar-refractivity contribution >= 4 is 55.6 Å². The number of nitrogens with zero attached hydrogens (tertiary/aromatic N) is 4. The normalized spacial score (nSPS) is 14.4. The van der Waals surface area contributed by atoms with Gasteiger partial charge in [-0.3, -0.25) is 15.1 Å². The lowest BCUT2D eigenvalue weighted by Crippen LogP contribution is -2.35. The molecule has 0 saturated carbocycles. The van der Waals surface area contributed by atoms with Crippen molar-refractivity contribution < 1.29 is 13.2 Å². The van der Waals surface area contributed by atoms with Gasteiger partial charge in [0.25, 0.3) is 5.91 Å². The molecule has 0 fully saturated rings. The number of halogens is 2. The SMILES string of the molecule is Cc1cc(S(=O)(=O)N2CCc3nc(NC(=O)c4cnccn4)sc3C2)c(Cl)cc1Cl. The second kappa shape index (κ2) is 8.20. The average molecular weight is 484 g/mol. The van der Waals surface area contributed by atoms with Crippen LogP contribution in [0.4, 0.5) is 5.13 Å². The average Bonchev–Trinajstić information content (AvgIpc) is 3.12. The summed E-state index contributed by atoms with van der Waals surface area (Å²) in [7, 11) is -3.82. The van der Waals surface area contributed by atoms with E-state index in [1.807, 2.05) is 0 Å². The van der Waals surface area contributed by atoms with Crippen LogP contribution in [0.2, 0.25) is 10.0 Å². The largest absolute Gasteiger partial charge is 0.296 e. The Morgan fingerprint density at radius 2 is 2.03 bits per heavy atom. The topological polar surface area (TPSA) is 105 Å². The summed E-state index contributed by atoms with van der Waals surface area (Å²) in [6.45, 7) is 2.13. The van der Waals surface area contributed by atoms with Crippen molar-refractivity contribution in [1.29, 1.82) is 0 Å². The van der Waals surface area contributed by atoms with Crippen LogP contribution >= 0.6 is 34.5 Å². The van der Waals surface area contributed by atoms with E-state index in [2.05, 4.69) is 20.3 Å². The van der Waals surface area contributed by atoms with E-state index < -0.39 is 15.9 Å². The lowest BCUT2D eigenvalue weighted by atomic mass is 10.2. The molecule has 1 aliphatic heterocycles. The molecule has 8 nitrogen and oxygen atoms in total. The van der Waals surface area contributed by atoms with Gasteiger partial charge < -0.3 is 0 Å². The number of carbonyl (C=O) groups is 1. The van der Waals surface area contributed by atoms with Gasteiger partial charge in [0.15, 0.2) is 5.13 Å². The third-order valence-corrected chi connectivity index (χ3v) is 8.26. The Kier molecular flexibility index (Phi) is 5.78. The number of hydrogen-bond acceptors (Lipinski definition) is 7. The summed E-state index contributed by atoms with van der Waals surface area (Å²) in [6.07, 6.45) is 4.68. The fourth-order valence-electron chi connectivity index (χ4n) is 2.98. The maximum Gasteiger partial charge on any atom is 0.277 e. The van der Waals surface area contributed by atoms with Gasteiger partial charge in [0, 0.05) is 35.3 Å². The first kappa shape index (κ1) is 21.1. The Morgan fingerprint density at radius 1 is 1.23 bits per heavy atom. The molecule has 0 radical (unpaired) electrons. The Hall–Kier alpha value is -2.11. The third kappa shape index (κ3) is 4.06. The Labute approximate surface area is 187 Å². The summed E-state index contributed by atoms with van der Waals surface area (Å²) < 4.78 is 27.7. The van der Waals surface area contributed by atoms with E-state index >= 15 is 0 Å². The number of fused-ring (bicyclic) bond motifs is 1. The summed E-state index contributed by atoms with van der Waals surface area (Å²) in [5.74, 6) is -0.429. The number of sulfonamides is 1. The highest BCUT2D eigenvalue weighted by Crippen LogP contribution is 2.34. The molecule has 3 aromatic rings. The summed E-state index contributed by atoms with van der Waals surface area (Å²) in [6, 6.07) is 2.92. The Morgan fingerprint density at radius 3 is 2.77 bits per heavy atom. The van der Waals surface area contributed by atoms with Gasteiger partial charge in [-0.25, -0.2) is 18.4 Å². The zero-order chi connectivity index (χ0) is 21.5. The molecular formula is C18H15Cl2N5O3S2. The van der Waals surface area contributed by atoms with Crippen LogP contribution in [0.1, 0.15) is 26.6 Å². The van der Waals surface area contributed by atoms with E-state index in [-0.39, 0.29) is 28.7 Å². The van der Waals surface area contributed by atoms with E-state index in [1.54, 1.807) is 6.92 Å². The number of hydrogen-bond donors (Lipinski definition) is 1. The van der Waals surface area contributed by atoms with Crippen LogP contribution in [0.25, 0.3) is 0 Å². The standard InChI is InChI=1S/C18H15Cl2N5O3S2/c1-10-6-16(12(20)7-11(10)19)30(27,28)25-5-2-13-15(9-25)29-18(23-13)24-17(26)14-8-21-3-4-22-14/h3-4,6-8H,2,5,9H2,1H3,(H,23,24,26). The first-order valence-corrected chi connectivity index (χ1v) is 11.8. The van der Waals surface area contributed by atoms with Gasteiger partial charge in [0.2, 0.25) is 10.0 Å². The minimum atomic E-state index is -3.82. The van der Waals surface area contributed by atoms with Crippen molar-refractivity contribution in [3.63, 3.8) is 0 Å². The summed E-state index contributed by atoms with van der Waals surface area (Å²) >= 11 is 13.4. The lowest BCUT2D eigenvalue weighted by Gasteiger charge is -2.26. The molecule has 12 heteroatoms. The molecule has 1 amide bonds.